The highest BCUT2D eigenvalue weighted by Crippen LogP contribution is 2.43. The van der Waals surface area contributed by atoms with Crippen LogP contribution in [0.1, 0.15) is 57.8 Å². The molecule has 1 aromatic rings. The van der Waals surface area contributed by atoms with Crippen molar-refractivity contribution >= 4 is 23.4 Å². The Morgan fingerprint density at radius 3 is 2.48 bits per heavy atom. The highest BCUT2D eigenvalue weighted by molar-refractivity contribution is 5.94. The van der Waals surface area contributed by atoms with E-state index in [9.17, 15) is 9.59 Å². The van der Waals surface area contributed by atoms with E-state index >= 15 is 4.39 Å². The van der Waals surface area contributed by atoms with Crippen LogP contribution in [0.25, 0.3) is 0 Å². The number of benzene rings is 1. The molecule has 1 atom stereocenters. The van der Waals surface area contributed by atoms with Crippen molar-refractivity contribution in [2.24, 2.45) is 0 Å². The molecule has 8 heteroatoms. The highest BCUT2D eigenvalue weighted by Gasteiger charge is 2.50. The van der Waals surface area contributed by atoms with Gasteiger partial charge in [-0.05, 0) is 69.6 Å². The normalized spacial score (nSPS) is 33.5. The van der Waals surface area contributed by atoms with Crippen molar-refractivity contribution in [1.29, 1.82) is 0 Å². The first-order valence-corrected chi connectivity index (χ1v) is 12.5. The maximum absolute atomic E-state index is 15.1. The van der Waals surface area contributed by atoms with Gasteiger partial charge in [0, 0.05) is 37.3 Å². The van der Waals surface area contributed by atoms with Crippen LogP contribution in [0.15, 0.2) is 18.2 Å². The number of rotatable bonds is 3. The van der Waals surface area contributed by atoms with E-state index in [-0.39, 0.29) is 36.0 Å². The van der Waals surface area contributed by atoms with Gasteiger partial charge >= 0.3 is 6.09 Å². The standard InChI is InChI=1S/C25H32FN3O4/c26-22-14-16(28-9-2-1-5-24(28)30)6-7-23(22)27-8-3-4-19(15-27)33-25(31)29-17-10-20-12-18(29)13-21(11-17)32-20/h6-7,14,17-21H,1-5,8-13,15H2. The van der Waals surface area contributed by atoms with E-state index in [4.69, 9.17) is 9.47 Å². The molecule has 0 aromatic heterocycles. The highest BCUT2D eigenvalue weighted by atomic mass is 19.1. The molecule has 0 radical (unpaired) electrons. The van der Waals surface area contributed by atoms with E-state index in [1.54, 1.807) is 11.0 Å². The van der Waals surface area contributed by atoms with Crippen molar-refractivity contribution in [2.75, 3.05) is 29.4 Å². The Balaban J connectivity index is 1.11. The maximum atomic E-state index is 15.1. The summed E-state index contributed by atoms with van der Waals surface area (Å²) in [6, 6.07) is 5.53. The lowest BCUT2D eigenvalue weighted by Gasteiger charge is -2.55. The van der Waals surface area contributed by atoms with Gasteiger partial charge in [0.05, 0.1) is 24.4 Å². The summed E-state index contributed by atoms with van der Waals surface area (Å²) in [5.74, 6) is -0.271. The summed E-state index contributed by atoms with van der Waals surface area (Å²) in [7, 11) is 0. The van der Waals surface area contributed by atoms with Crippen LogP contribution in [0.5, 0.6) is 0 Å². The monoisotopic (exact) mass is 457 g/mol. The zero-order valence-electron chi connectivity index (χ0n) is 19.0. The average molecular weight is 458 g/mol. The van der Waals surface area contributed by atoms with Gasteiger partial charge in [0.1, 0.15) is 11.9 Å². The Kier molecular flexibility index (Phi) is 5.43. The number of anilines is 2. The number of amides is 2. The third-order valence-electron chi connectivity index (χ3n) is 8.08. The van der Waals surface area contributed by atoms with Crippen LogP contribution < -0.4 is 9.80 Å². The molecule has 4 bridgehead atoms. The Bertz CT molecular complexity index is 912. The summed E-state index contributed by atoms with van der Waals surface area (Å²) in [6.45, 7) is 1.86. The van der Waals surface area contributed by atoms with Gasteiger partial charge in [0.15, 0.2) is 0 Å². The minimum atomic E-state index is -0.331. The van der Waals surface area contributed by atoms with Gasteiger partial charge in [0.2, 0.25) is 5.91 Å². The van der Waals surface area contributed by atoms with E-state index in [0.29, 0.717) is 43.1 Å². The van der Waals surface area contributed by atoms with Crippen LogP contribution in [0.4, 0.5) is 20.6 Å². The Morgan fingerprint density at radius 2 is 1.79 bits per heavy atom. The molecule has 7 nitrogen and oxygen atoms in total. The molecular weight excluding hydrogens is 425 g/mol. The van der Waals surface area contributed by atoms with E-state index in [2.05, 4.69) is 0 Å². The molecule has 6 fully saturated rings. The fraction of sp³-hybridized carbons (Fsp3) is 0.680. The van der Waals surface area contributed by atoms with Gasteiger partial charge in [-0.15, -0.1) is 0 Å². The second-order valence-electron chi connectivity index (χ2n) is 10.3. The molecule has 178 valence electrons. The predicted octanol–water partition coefficient (Wildman–Crippen LogP) is 3.84. The van der Waals surface area contributed by atoms with Crippen molar-refractivity contribution in [1.82, 2.24) is 4.90 Å². The molecule has 0 spiro atoms. The number of piperidine rings is 4. The topological polar surface area (TPSA) is 62.3 Å². The minimum Gasteiger partial charge on any atom is -0.444 e. The molecule has 0 aliphatic carbocycles. The van der Waals surface area contributed by atoms with E-state index in [0.717, 1.165) is 57.9 Å². The largest absolute Gasteiger partial charge is 0.444 e. The molecule has 6 saturated heterocycles. The molecular formula is C25H32FN3O4. The summed E-state index contributed by atoms with van der Waals surface area (Å²) in [5, 5.41) is 0. The number of halogens is 1. The Morgan fingerprint density at radius 1 is 1.03 bits per heavy atom. The summed E-state index contributed by atoms with van der Waals surface area (Å²) in [5.41, 5.74) is 1.13. The van der Waals surface area contributed by atoms with Crippen LogP contribution in [0.3, 0.4) is 0 Å². The van der Waals surface area contributed by atoms with Crippen molar-refractivity contribution in [2.45, 2.75) is 88.2 Å². The van der Waals surface area contributed by atoms with E-state index in [1.807, 2.05) is 15.9 Å². The zero-order chi connectivity index (χ0) is 22.5. The summed E-state index contributed by atoms with van der Waals surface area (Å²) >= 11 is 0. The second-order valence-corrected chi connectivity index (χ2v) is 10.3. The molecule has 1 unspecified atom stereocenters. The quantitative estimate of drug-likeness (QED) is 0.690. The molecule has 1 aromatic carbocycles. The van der Waals surface area contributed by atoms with Crippen LogP contribution in [-0.4, -0.2) is 66.9 Å². The third-order valence-corrected chi connectivity index (χ3v) is 8.08. The van der Waals surface area contributed by atoms with Crippen molar-refractivity contribution in [3.63, 3.8) is 0 Å². The smallest absolute Gasteiger partial charge is 0.410 e. The molecule has 6 heterocycles. The first kappa shape index (κ1) is 21.2. The lowest BCUT2D eigenvalue weighted by molar-refractivity contribution is -0.174. The minimum absolute atomic E-state index is 0.0599. The van der Waals surface area contributed by atoms with Gasteiger partial charge in [-0.2, -0.15) is 0 Å². The molecule has 0 N–H and O–H groups in total. The van der Waals surface area contributed by atoms with Crippen LogP contribution in [0.2, 0.25) is 0 Å². The number of hydrogen-bond acceptors (Lipinski definition) is 5. The summed E-state index contributed by atoms with van der Waals surface area (Å²) in [6.07, 6.45) is 7.79. The number of nitrogens with zero attached hydrogens (tertiary/aromatic N) is 3. The van der Waals surface area contributed by atoms with Crippen LogP contribution in [-0.2, 0) is 14.3 Å². The molecule has 7 rings (SSSR count). The number of carbonyl (C=O) groups is 2. The van der Waals surface area contributed by atoms with Crippen LogP contribution >= 0.6 is 0 Å². The maximum Gasteiger partial charge on any atom is 0.410 e. The molecule has 6 aliphatic rings. The van der Waals surface area contributed by atoms with Crippen molar-refractivity contribution in [3.8, 4) is 0 Å². The molecule has 2 amide bonds. The number of carbonyl (C=O) groups excluding carboxylic acids is 2. The Hall–Kier alpha value is -2.35. The van der Waals surface area contributed by atoms with Gasteiger partial charge in [-0.3, -0.25) is 4.79 Å². The Labute approximate surface area is 193 Å². The second kappa shape index (κ2) is 8.46. The fourth-order valence-corrected chi connectivity index (χ4v) is 6.60. The zero-order valence-corrected chi connectivity index (χ0v) is 19.0. The van der Waals surface area contributed by atoms with Gasteiger partial charge in [0.25, 0.3) is 0 Å². The van der Waals surface area contributed by atoms with Crippen molar-refractivity contribution in [3.05, 3.63) is 24.0 Å². The van der Waals surface area contributed by atoms with E-state index in [1.165, 1.54) is 6.07 Å². The SMILES string of the molecule is O=C1CCCCN1c1ccc(N2CCCC(OC(=O)N3C4CC5CC3CC(C4)O5)C2)c(F)c1. The fourth-order valence-electron chi connectivity index (χ4n) is 6.60. The first-order chi connectivity index (χ1) is 16.0. The average Bonchev–Trinajstić information content (AvgIpc) is 2.79. The van der Waals surface area contributed by atoms with Gasteiger partial charge in [-0.1, -0.05) is 0 Å². The lowest BCUT2D eigenvalue weighted by atomic mass is 9.78. The van der Waals surface area contributed by atoms with Crippen LogP contribution in [0, 0.1) is 5.82 Å². The number of hydrogen-bond donors (Lipinski definition) is 0. The summed E-state index contributed by atoms with van der Waals surface area (Å²) < 4.78 is 27.0. The third kappa shape index (κ3) is 3.96. The number of ether oxygens (including phenoxy) is 2. The first-order valence-electron chi connectivity index (χ1n) is 12.5. The van der Waals surface area contributed by atoms with Gasteiger partial charge in [-0.25, -0.2) is 9.18 Å². The lowest BCUT2D eigenvalue weighted by Crippen LogP contribution is -2.64. The van der Waals surface area contributed by atoms with E-state index < -0.39 is 0 Å². The molecule has 6 aliphatic heterocycles. The summed E-state index contributed by atoms with van der Waals surface area (Å²) in [4.78, 5) is 30.9. The van der Waals surface area contributed by atoms with Crippen molar-refractivity contribution < 1.29 is 23.5 Å². The molecule has 33 heavy (non-hydrogen) atoms. The van der Waals surface area contributed by atoms with Gasteiger partial charge < -0.3 is 24.2 Å². The molecule has 0 saturated carbocycles. The predicted molar refractivity (Wildman–Crippen MR) is 121 cm³/mol.